The molecule has 0 aliphatic heterocycles. The molecule has 1 aromatic rings. The molecule has 0 unspecified atom stereocenters. The van der Waals surface area contributed by atoms with E-state index in [9.17, 15) is 28.1 Å². The molecule has 0 spiro atoms. The van der Waals surface area contributed by atoms with Crippen molar-refractivity contribution in [2.24, 2.45) is 0 Å². The van der Waals surface area contributed by atoms with Gasteiger partial charge < -0.3 is 14.2 Å². The predicted octanol–water partition coefficient (Wildman–Crippen LogP) is 1.61. The fourth-order valence-electron chi connectivity index (χ4n) is 1.43. The van der Waals surface area contributed by atoms with Crippen LogP contribution in [0.15, 0.2) is 6.20 Å². The number of alkyl halides is 3. The van der Waals surface area contributed by atoms with Crippen molar-refractivity contribution in [3.8, 4) is 11.5 Å². The smallest absolute Gasteiger partial charge is 0.489 e. The molecular formula is C10H9F3N2O6. The van der Waals surface area contributed by atoms with Gasteiger partial charge in [-0.15, -0.1) is 13.2 Å². The molecule has 0 saturated carbocycles. The first-order valence-electron chi connectivity index (χ1n) is 5.22. The summed E-state index contributed by atoms with van der Waals surface area (Å²) in [5.41, 5.74) is -1.32. The Morgan fingerprint density at radius 1 is 1.43 bits per heavy atom. The van der Waals surface area contributed by atoms with Gasteiger partial charge in [-0.3, -0.25) is 19.9 Å². The molecule has 1 heterocycles. The van der Waals surface area contributed by atoms with E-state index < -0.39 is 40.9 Å². The molecule has 0 aromatic carbocycles. The molecule has 11 heteroatoms. The second kappa shape index (κ2) is 6.24. The van der Waals surface area contributed by atoms with Crippen LogP contribution in [0.5, 0.6) is 11.5 Å². The van der Waals surface area contributed by atoms with Gasteiger partial charge in [0.25, 0.3) is 0 Å². The van der Waals surface area contributed by atoms with Gasteiger partial charge in [-0.1, -0.05) is 0 Å². The zero-order valence-corrected chi connectivity index (χ0v) is 10.8. The number of nitro groups is 1. The Hall–Kier alpha value is -2.59. The molecule has 0 fully saturated rings. The maximum atomic E-state index is 12.2. The third-order valence-corrected chi connectivity index (χ3v) is 2.20. The van der Waals surface area contributed by atoms with E-state index in [4.69, 9.17) is 0 Å². The Balaban J connectivity index is 3.37. The highest BCUT2D eigenvalue weighted by Crippen LogP contribution is 2.40. The largest absolute Gasteiger partial charge is 0.573 e. The summed E-state index contributed by atoms with van der Waals surface area (Å²) >= 11 is 0. The van der Waals surface area contributed by atoms with Crippen molar-refractivity contribution in [2.75, 3.05) is 14.2 Å². The van der Waals surface area contributed by atoms with Crippen LogP contribution in [0.1, 0.15) is 5.69 Å². The number of hydrogen-bond acceptors (Lipinski definition) is 7. The van der Waals surface area contributed by atoms with Crippen molar-refractivity contribution in [3.05, 3.63) is 22.0 Å². The Labute approximate surface area is 115 Å². The first kappa shape index (κ1) is 16.5. The van der Waals surface area contributed by atoms with Crippen LogP contribution in [0.3, 0.4) is 0 Å². The van der Waals surface area contributed by atoms with Crippen molar-refractivity contribution in [2.45, 2.75) is 12.8 Å². The molecule has 8 nitrogen and oxygen atoms in total. The van der Waals surface area contributed by atoms with Crippen LogP contribution >= 0.6 is 0 Å². The fourth-order valence-corrected chi connectivity index (χ4v) is 1.43. The third kappa shape index (κ3) is 4.19. The van der Waals surface area contributed by atoms with Crippen LogP contribution in [0, 0.1) is 10.1 Å². The highest BCUT2D eigenvalue weighted by atomic mass is 19.4. The zero-order chi connectivity index (χ0) is 16.2. The monoisotopic (exact) mass is 310 g/mol. The molecule has 0 atom stereocenters. The highest BCUT2D eigenvalue weighted by molar-refractivity contribution is 5.74. The van der Waals surface area contributed by atoms with Gasteiger partial charge in [-0.05, 0) is 0 Å². The number of methoxy groups -OCH3 is 2. The quantitative estimate of drug-likeness (QED) is 0.462. The first-order chi connectivity index (χ1) is 9.69. The molecule has 0 saturated heterocycles. The van der Waals surface area contributed by atoms with E-state index >= 15 is 0 Å². The highest BCUT2D eigenvalue weighted by Gasteiger charge is 2.37. The SMILES string of the molecule is COC(=O)Cc1ncc(OC(F)(F)F)c([N+](=O)[O-])c1OC. The molecular weight excluding hydrogens is 301 g/mol. The van der Waals surface area contributed by atoms with Gasteiger partial charge in [0.1, 0.15) is 5.69 Å². The molecule has 0 amide bonds. The second-order valence-corrected chi connectivity index (χ2v) is 3.51. The summed E-state index contributed by atoms with van der Waals surface area (Å²) in [5, 5.41) is 10.9. The number of nitrogens with zero attached hydrogens (tertiary/aromatic N) is 2. The minimum atomic E-state index is -5.14. The lowest BCUT2D eigenvalue weighted by Gasteiger charge is -2.12. The number of aromatic nitrogens is 1. The number of carbonyl (C=O) groups is 1. The molecule has 21 heavy (non-hydrogen) atoms. The van der Waals surface area contributed by atoms with Crippen LogP contribution in [-0.4, -0.2) is 36.5 Å². The van der Waals surface area contributed by atoms with Crippen LogP contribution in [-0.2, 0) is 16.0 Å². The minimum Gasteiger partial charge on any atom is -0.489 e. The van der Waals surface area contributed by atoms with E-state index in [1.54, 1.807) is 0 Å². The number of hydrogen-bond donors (Lipinski definition) is 0. The van der Waals surface area contributed by atoms with Crippen molar-refractivity contribution in [3.63, 3.8) is 0 Å². The topological polar surface area (TPSA) is 101 Å². The van der Waals surface area contributed by atoms with Crippen LogP contribution in [0.2, 0.25) is 0 Å². The number of rotatable bonds is 5. The number of carbonyl (C=O) groups excluding carboxylic acids is 1. The van der Waals surface area contributed by atoms with E-state index in [1.807, 2.05) is 0 Å². The van der Waals surface area contributed by atoms with Gasteiger partial charge in [0.2, 0.25) is 11.5 Å². The molecule has 1 rings (SSSR count). The summed E-state index contributed by atoms with van der Waals surface area (Å²) in [6.45, 7) is 0. The van der Waals surface area contributed by atoms with E-state index in [0.29, 0.717) is 6.20 Å². The lowest BCUT2D eigenvalue weighted by Crippen LogP contribution is -2.19. The van der Waals surface area contributed by atoms with Gasteiger partial charge in [0, 0.05) is 0 Å². The number of halogens is 3. The lowest BCUT2D eigenvalue weighted by molar-refractivity contribution is -0.389. The van der Waals surface area contributed by atoms with E-state index in [-0.39, 0.29) is 5.69 Å². The van der Waals surface area contributed by atoms with Crippen molar-refractivity contribution in [1.29, 1.82) is 0 Å². The summed E-state index contributed by atoms with van der Waals surface area (Å²) in [7, 11) is 2.06. The minimum absolute atomic E-state index is 0.245. The number of ether oxygens (including phenoxy) is 3. The van der Waals surface area contributed by atoms with Gasteiger partial charge in [-0.2, -0.15) is 0 Å². The maximum absolute atomic E-state index is 12.2. The Kier molecular flexibility index (Phi) is 4.89. The normalized spacial score (nSPS) is 10.9. The van der Waals surface area contributed by atoms with E-state index in [1.165, 1.54) is 0 Å². The third-order valence-electron chi connectivity index (χ3n) is 2.20. The lowest BCUT2D eigenvalue weighted by atomic mass is 10.2. The van der Waals surface area contributed by atoms with Gasteiger partial charge in [0.05, 0.1) is 31.8 Å². The van der Waals surface area contributed by atoms with Crippen molar-refractivity contribution < 1.29 is 37.1 Å². The van der Waals surface area contributed by atoms with E-state index in [2.05, 4.69) is 19.2 Å². The summed E-state index contributed by atoms with van der Waals surface area (Å²) < 4.78 is 49.1. The predicted molar refractivity (Wildman–Crippen MR) is 59.8 cm³/mol. The Morgan fingerprint density at radius 3 is 2.48 bits per heavy atom. The maximum Gasteiger partial charge on any atom is 0.573 e. The van der Waals surface area contributed by atoms with Gasteiger partial charge in [-0.25, -0.2) is 0 Å². The molecule has 116 valence electrons. The second-order valence-electron chi connectivity index (χ2n) is 3.51. The van der Waals surface area contributed by atoms with Crippen LogP contribution in [0.4, 0.5) is 18.9 Å². The van der Waals surface area contributed by atoms with Gasteiger partial charge >= 0.3 is 18.0 Å². The Bertz CT molecular complexity index is 560. The molecule has 1 aromatic heterocycles. The van der Waals surface area contributed by atoms with Crippen LogP contribution in [0.25, 0.3) is 0 Å². The van der Waals surface area contributed by atoms with Crippen molar-refractivity contribution >= 4 is 11.7 Å². The zero-order valence-electron chi connectivity index (χ0n) is 10.8. The summed E-state index contributed by atoms with van der Waals surface area (Å²) in [5.74, 6) is -2.54. The summed E-state index contributed by atoms with van der Waals surface area (Å²) in [4.78, 5) is 24.5. The first-order valence-corrected chi connectivity index (χ1v) is 5.22. The fraction of sp³-hybridized carbons (Fsp3) is 0.400. The molecule has 0 aliphatic carbocycles. The van der Waals surface area contributed by atoms with E-state index in [0.717, 1.165) is 14.2 Å². The van der Waals surface area contributed by atoms with Crippen LogP contribution < -0.4 is 9.47 Å². The summed E-state index contributed by atoms with van der Waals surface area (Å²) in [6, 6.07) is 0. The van der Waals surface area contributed by atoms with Gasteiger partial charge in [0.15, 0.2) is 0 Å². The average Bonchev–Trinajstić information content (AvgIpc) is 2.37. The van der Waals surface area contributed by atoms with Crippen molar-refractivity contribution in [1.82, 2.24) is 4.98 Å². The molecule has 0 N–H and O–H groups in total. The molecule has 0 aliphatic rings. The standard InChI is InChI=1S/C10H9F3N2O6/c1-19-7(16)3-5-9(20-2)8(15(17)18)6(4-14-5)21-10(11,12)13/h4H,3H2,1-2H3. The molecule has 0 radical (unpaired) electrons. The number of esters is 1. The summed E-state index contributed by atoms with van der Waals surface area (Å²) in [6.07, 6.45) is -5.15. The average molecular weight is 310 g/mol. The number of pyridine rings is 1. The Morgan fingerprint density at radius 2 is 2.05 bits per heavy atom. The molecule has 0 bridgehead atoms.